The van der Waals surface area contributed by atoms with Crippen LogP contribution in [0, 0.1) is 13.8 Å². The number of thioether (sulfide) groups is 1. The second kappa shape index (κ2) is 9.60. The Morgan fingerprint density at radius 2 is 1.74 bits per heavy atom. The zero-order valence-electron chi connectivity index (χ0n) is 19.2. The van der Waals surface area contributed by atoms with Crippen LogP contribution >= 0.6 is 23.4 Å². The zero-order valence-corrected chi connectivity index (χ0v) is 20.8. The van der Waals surface area contributed by atoms with Gasteiger partial charge in [-0.25, -0.2) is 0 Å². The molecule has 6 nitrogen and oxygen atoms in total. The Kier molecular flexibility index (Phi) is 6.39. The Balaban J connectivity index is 1.47. The average molecular weight is 493 g/mol. The fraction of sp³-hybridized carbons (Fsp3) is 0.231. The molecule has 0 saturated carbocycles. The van der Waals surface area contributed by atoms with E-state index < -0.39 is 0 Å². The van der Waals surface area contributed by atoms with Crippen molar-refractivity contribution in [2.45, 2.75) is 37.7 Å². The van der Waals surface area contributed by atoms with Crippen LogP contribution in [0.15, 0.2) is 77.8 Å². The van der Waals surface area contributed by atoms with Crippen LogP contribution in [-0.2, 0) is 16.0 Å². The summed E-state index contributed by atoms with van der Waals surface area (Å²) in [5.74, 6) is 1.54. The zero-order chi connectivity index (χ0) is 23.7. The van der Waals surface area contributed by atoms with Gasteiger partial charge >= 0.3 is 0 Å². The Morgan fingerprint density at radius 3 is 2.38 bits per heavy atom. The van der Waals surface area contributed by atoms with Gasteiger partial charge in [0.25, 0.3) is 0 Å². The largest absolute Gasteiger partial charge is 0.462 e. The van der Waals surface area contributed by atoms with E-state index in [2.05, 4.69) is 76.5 Å². The molecule has 0 N–H and O–H groups in total. The van der Waals surface area contributed by atoms with Crippen LogP contribution in [0.3, 0.4) is 0 Å². The van der Waals surface area contributed by atoms with Gasteiger partial charge in [0.1, 0.15) is 6.26 Å². The molecule has 0 bridgehead atoms. The van der Waals surface area contributed by atoms with Crippen molar-refractivity contribution >= 4 is 23.4 Å². The highest BCUT2D eigenvalue weighted by molar-refractivity contribution is 7.99. The topological polar surface area (TPSA) is 54.1 Å². The normalized spacial score (nSPS) is 13.9. The van der Waals surface area contributed by atoms with Gasteiger partial charge in [-0.1, -0.05) is 41.6 Å². The highest BCUT2D eigenvalue weighted by atomic mass is 35.5. The summed E-state index contributed by atoms with van der Waals surface area (Å²) >= 11 is 8.09. The molecule has 0 amide bonds. The number of rotatable bonds is 7. The monoisotopic (exact) mass is 492 g/mol. The Morgan fingerprint density at radius 1 is 1.00 bits per heavy atom. The van der Waals surface area contributed by atoms with Gasteiger partial charge in [-0.15, -0.1) is 10.2 Å². The van der Waals surface area contributed by atoms with E-state index in [1.807, 2.05) is 24.3 Å². The number of benzene rings is 2. The molecule has 1 unspecified atom stereocenters. The summed E-state index contributed by atoms with van der Waals surface area (Å²) in [5, 5.41) is 10.3. The molecule has 2 aromatic heterocycles. The summed E-state index contributed by atoms with van der Waals surface area (Å²) in [7, 11) is 0. The molecule has 2 aromatic carbocycles. The van der Waals surface area contributed by atoms with Crippen molar-refractivity contribution in [3.05, 3.63) is 94.7 Å². The van der Waals surface area contributed by atoms with Crippen LogP contribution in [0.25, 0.3) is 17.1 Å². The van der Waals surface area contributed by atoms with Gasteiger partial charge in [-0.2, -0.15) is 0 Å². The first-order chi connectivity index (χ1) is 16.6. The van der Waals surface area contributed by atoms with Crippen LogP contribution < -0.4 is 0 Å². The second-order valence-electron chi connectivity index (χ2n) is 8.02. The standard InChI is InChI=1S/C26H25ClN4O2S/c1-4-30-25(19-11-13-20(14-12-19)31-17(2)9-10-18(31)3)28-29-26(30)34-24(23-15-32-16-33-23)21-7-5-6-8-22(21)27/h5-15,24H,4,16H2,1-3H3. The van der Waals surface area contributed by atoms with Crippen molar-refractivity contribution in [1.82, 2.24) is 19.3 Å². The fourth-order valence-corrected chi connectivity index (χ4v) is 5.69. The quantitative estimate of drug-likeness (QED) is 0.268. The maximum Gasteiger partial charge on any atom is 0.229 e. The van der Waals surface area contributed by atoms with Crippen molar-refractivity contribution in [1.29, 1.82) is 0 Å². The van der Waals surface area contributed by atoms with Gasteiger partial charge in [-0.3, -0.25) is 0 Å². The molecule has 1 atom stereocenters. The van der Waals surface area contributed by atoms with Crippen LogP contribution in [0.1, 0.15) is 29.1 Å². The first-order valence-electron chi connectivity index (χ1n) is 11.1. The molecule has 0 aliphatic carbocycles. The molecule has 4 aromatic rings. The lowest BCUT2D eigenvalue weighted by molar-refractivity contribution is 0.0787. The van der Waals surface area contributed by atoms with E-state index in [0.717, 1.165) is 34.3 Å². The third-order valence-corrected chi connectivity index (χ3v) is 7.43. The summed E-state index contributed by atoms with van der Waals surface area (Å²) in [6.45, 7) is 7.25. The van der Waals surface area contributed by atoms with Crippen LogP contribution in [0.4, 0.5) is 0 Å². The number of halogens is 1. The molecule has 3 heterocycles. The molecular formula is C26H25ClN4O2S. The van der Waals surface area contributed by atoms with E-state index >= 15 is 0 Å². The first kappa shape index (κ1) is 22.6. The molecule has 1 aliphatic heterocycles. The van der Waals surface area contributed by atoms with E-state index in [9.17, 15) is 0 Å². The SMILES string of the molecule is CCn1c(SC(C2=COCO2)c2ccccc2Cl)nnc1-c1ccc(-n2c(C)ccc2C)cc1. The maximum atomic E-state index is 6.54. The minimum absolute atomic E-state index is 0.194. The number of aromatic nitrogens is 4. The van der Waals surface area contributed by atoms with Gasteiger partial charge in [0, 0.05) is 34.2 Å². The molecule has 0 radical (unpaired) electrons. The predicted molar refractivity (Wildman–Crippen MR) is 135 cm³/mol. The smallest absolute Gasteiger partial charge is 0.229 e. The van der Waals surface area contributed by atoms with Crippen molar-refractivity contribution in [2.24, 2.45) is 0 Å². The molecule has 34 heavy (non-hydrogen) atoms. The van der Waals surface area contributed by atoms with Crippen molar-refractivity contribution in [3.8, 4) is 17.1 Å². The van der Waals surface area contributed by atoms with E-state index in [0.29, 0.717) is 10.8 Å². The summed E-state index contributed by atoms with van der Waals surface area (Å²) in [5.41, 5.74) is 5.50. The predicted octanol–water partition coefficient (Wildman–Crippen LogP) is 6.71. The van der Waals surface area contributed by atoms with Gasteiger partial charge in [0.15, 0.2) is 16.7 Å². The molecule has 5 rings (SSSR count). The molecule has 8 heteroatoms. The number of aryl methyl sites for hydroxylation is 2. The Bertz CT molecular complexity index is 1320. The third kappa shape index (κ3) is 4.21. The highest BCUT2D eigenvalue weighted by Gasteiger charge is 2.28. The fourth-order valence-electron chi connectivity index (χ4n) is 4.17. The molecule has 174 valence electrons. The summed E-state index contributed by atoms with van der Waals surface area (Å²) in [4.78, 5) is 0. The van der Waals surface area contributed by atoms with Crippen molar-refractivity contribution in [3.63, 3.8) is 0 Å². The number of hydrogen-bond acceptors (Lipinski definition) is 5. The van der Waals surface area contributed by atoms with Crippen LogP contribution in [-0.4, -0.2) is 26.1 Å². The van der Waals surface area contributed by atoms with E-state index in [1.54, 1.807) is 18.0 Å². The minimum Gasteiger partial charge on any atom is -0.462 e. The summed E-state index contributed by atoms with van der Waals surface area (Å²) in [6.07, 6.45) is 1.65. The molecular weight excluding hydrogens is 468 g/mol. The maximum absolute atomic E-state index is 6.54. The highest BCUT2D eigenvalue weighted by Crippen LogP contribution is 2.44. The Hall–Kier alpha value is -3.16. The van der Waals surface area contributed by atoms with Crippen LogP contribution in [0.5, 0.6) is 0 Å². The average Bonchev–Trinajstić information content (AvgIpc) is 3.59. The second-order valence-corrected chi connectivity index (χ2v) is 9.50. The van der Waals surface area contributed by atoms with E-state index in [4.69, 9.17) is 21.1 Å². The summed E-state index contributed by atoms with van der Waals surface area (Å²) in [6, 6.07) is 20.5. The lowest BCUT2D eigenvalue weighted by Gasteiger charge is -2.18. The van der Waals surface area contributed by atoms with Crippen LogP contribution in [0.2, 0.25) is 5.02 Å². The molecule has 1 aliphatic rings. The first-order valence-corrected chi connectivity index (χ1v) is 12.4. The van der Waals surface area contributed by atoms with Gasteiger partial charge in [0.2, 0.25) is 6.79 Å². The Labute approximate surface area is 208 Å². The van der Waals surface area contributed by atoms with Crippen molar-refractivity contribution in [2.75, 3.05) is 6.79 Å². The molecule has 0 saturated heterocycles. The lowest BCUT2D eigenvalue weighted by atomic mass is 10.1. The van der Waals surface area contributed by atoms with Gasteiger partial charge in [-0.05, 0) is 68.8 Å². The van der Waals surface area contributed by atoms with Crippen molar-refractivity contribution < 1.29 is 9.47 Å². The number of ether oxygens (including phenoxy) is 2. The number of nitrogens with zero attached hydrogens (tertiary/aromatic N) is 4. The number of hydrogen-bond donors (Lipinski definition) is 0. The summed E-state index contributed by atoms with van der Waals surface area (Å²) < 4.78 is 15.4. The lowest BCUT2D eigenvalue weighted by Crippen LogP contribution is -2.05. The molecule has 0 spiro atoms. The minimum atomic E-state index is -0.194. The van der Waals surface area contributed by atoms with Gasteiger partial charge < -0.3 is 18.6 Å². The molecule has 0 fully saturated rings. The van der Waals surface area contributed by atoms with E-state index in [-0.39, 0.29) is 12.0 Å². The van der Waals surface area contributed by atoms with Gasteiger partial charge in [0.05, 0.1) is 5.25 Å². The third-order valence-electron chi connectivity index (χ3n) is 5.85. The van der Waals surface area contributed by atoms with E-state index in [1.165, 1.54) is 11.4 Å².